The van der Waals surface area contributed by atoms with Crippen LogP contribution in [-0.4, -0.2) is 16.8 Å². The van der Waals surface area contributed by atoms with Crippen LogP contribution in [0.2, 0.25) is 0 Å². The number of halogens is 1. The highest BCUT2D eigenvalue weighted by atomic mass is 79.9. The first-order valence-corrected chi connectivity index (χ1v) is 8.83. The zero-order chi connectivity index (χ0) is 19.4. The minimum absolute atomic E-state index is 0.317. The van der Waals surface area contributed by atoms with Gasteiger partial charge >= 0.3 is 0 Å². The molecule has 0 unspecified atom stereocenters. The topological polar surface area (TPSA) is 94.3 Å². The maximum atomic E-state index is 12.4. The second kappa shape index (κ2) is 8.01. The van der Waals surface area contributed by atoms with E-state index in [1.807, 2.05) is 24.3 Å². The van der Waals surface area contributed by atoms with Crippen molar-refractivity contribution >= 4 is 33.4 Å². The normalized spacial score (nSPS) is 10.3. The molecule has 0 spiro atoms. The van der Waals surface area contributed by atoms with Gasteiger partial charge in [0.05, 0.1) is 5.56 Å². The third-order valence-electron chi connectivity index (χ3n) is 3.77. The predicted molar refractivity (Wildman–Crippen MR) is 106 cm³/mol. The van der Waals surface area contributed by atoms with Crippen LogP contribution in [0, 0.1) is 6.92 Å². The van der Waals surface area contributed by atoms with Crippen LogP contribution in [0.25, 0.3) is 0 Å². The molecule has 1 heterocycles. The van der Waals surface area contributed by atoms with E-state index in [2.05, 4.69) is 26.2 Å². The van der Waals surface area contributed by atoms with Crippen molar-refractivity contribution in [2.45, 2.75) is 6.92 Å². The summed E-state index contributed by atoms with van der Waals surface area (Å²) in [6, 6.07) is 15.5. The van der Waals surface area contributed by atoms with Crippen LogP contribution in [0.4, 0.5) is 5.69 Å². The number of aromatic nitrogens is 1. The zero-order valence-electron chi connectivity index (χ0n) is 14.4. The van der Waals surface area contributed by atoms with Crippen molar-refractivity contribution in [2.24, 2.45) is 5.73 Å². The standard InChI is InChI=1S/C20H16BrN3O3/c1-12-9-15(6-7-17(12)19(22)25)24-20(26)13-5-8-18(23-11-13)27-16-4-2-3-14(21)10-16/h2-11H,1H3,(H2,22,25)(H,24,26). The Kier molecular flexibility index (Phi) is 5.52. The van der Waals surface area contributed by atoms with E-state index in [4.69, 9.17) is 10.5 Å². The van der Waals surface area contributed by atoms with Crippen LogP contribution in [-0.2, 0) is 0 Å². The minimum Gasteiger partial charge on any atom is -0.439 e. The van der Waals surface area contributed by atoms with E-state index in [0.717, 1.165) is 4.47 Å². The molecule has 0 bridgehead atoms. The molecule has 27 heavy (non-hydrogen) atoms. The van der Waals surface area contributed by atoms with Gasteiger partial charge in [0.25, 0.3) is 5.91 Å². The highest BCUT2D eigenvalue weighted by Crippen LogP contribution is 2.23. The number of hydrogen-bond acceptors (Lipinski definition) is 4. The number of carbonyl (C=O) groups excluding carboxylic acids is 2. The number of carbonyl (C=O) groups is 2. The smallest absolute Gasteiger partial charge is 0.257 e. The van der Waals surface area contributed by atoms with Crippen molar-refractivity contribution in [3.05, 3.63) is 82.0 Å². The van der Waals surface area contributed by atoms with Crippen LogP contribution in [0.15, 0.2) is 65.3 Å². The second-order valence-electron chi connectivity index (χ2n) is 5.79. The maximum absolute atomic E-state index is 12.4. The maximum Gasteiger partial charge on any atom is 0.257 e. The van der Waals surface area contributed by atoms with Crippen molar-refractivity contribution in [3.8, 4) is 11.6 Å². The molecule has 0 radical (unpaired) electrons. The zero-order valence-corrected chi connectivity index (χ0v) is 16.0. The summed E-state index contributed by atoms with van der Waals surface area (Å²) in [6.45, 7) is 1.76. The summed E-state index contributed by atoms with van der Waals surface area (Å²) < 4.78 is 6.54. The van der Waals surface area contributed by atoms with Gasteiger partial charge in [0.2, 0.25) is 11.8 Å². The number of nitrogens with two attached hydrogens (primary N) is 1. The van der Waals surface area contributed by atoms with Gasteiger partial charge in [0.1, 0.15) is 5.75 Å². The Morgan fingerprint density at radius 3 is 2.56 bits per heavy atom. The van der Waals surface area contributed by atoms with Gasteiger partial charge in [-0.3, -0.25) is 9.59 Å². The lowest BCUT2D eigenvalue weighted by molar-refractivity contribution is 0.0997. The van der Waals surface area contributed by atoms with Crippen molar-refractivity contribution < 1.29 is 14.3 Å². The third-order valence-corrected chi connectivity index (χ3v) is 4.26. The summed E-state index contributed by atoms with van der Waals surface area (Å²) in [7, 11) is 0. The molecule has 0 saturated heterocycles. The van der Waals surface area contributed by atoms with Crippen LogP contribution in [0.3, 0.4) is 0 Å². The molecule has 1 aromatic heterocycles. The van der Waals surface area contributed by atoms with Gasteiger partial charge in [0, 0.05) is 28.0 Å². The number of primary amides is 1. The molecule has 0 saturated carbocycles. The Hall–Kier alpha value is -3.19. The number of nitrogens with zero attached hydrogens (tertiary/aromatic N) is 1. The monoisotopic (exact) mass is 425 g/mol. The molecular weight excluding hydrogens is 410 g/mol. The molecular formula is C20H16BrN3O3. The Labute approximate surface area is 164 Å². The molecule has 0 aliphatic heterocycles. The molecule has 3 aromatic rings. The highest BCUT2D eigenvalue weighted by Gasteiger charge is 2.10. The number of hydrogen-bond donors (Lipinski definition) is 2. The third kappa shape index (κ3) is 4.71. The van der Waals surface area contributed by atoms with Gasteiger partial charge in [-0.2, -0.15) is 0 Å². The van der Waals surface area contributed by atoms with Crippen LogP contribution in [0.1, 0.15) is 26.3 Å². The second-order valence-corrected chi connectivity index (χ2v) is 6.71. The van der Waals surface area contributed by atoms with Crippen LogP contribution >= 0.6 is 15.9 Å². The van der Waals surface area contributed by atoms with Gasteiger partial charge < -0.3 is 15.8 Å². The average molecular weight is 426 g/mol. The number of aryl methyl sites for hydroxylation is 1. The largest absolute Gasteiger partial charge is 0.439 e. The summed E-state index contributed by atoms with van der Waals surface area (Å²) in [5, 5.41) is 2.76. The number of pyridine rings is 1. The lowest BCUT2D eigenvalue weighted by atomic mass is 10.1. The van der Waals surface area contributed by atoms with Gasteiger partial charge in [-0.1, -0.05) is 22.0 Å². The number of amides is 2. The first kappa shape index (κ1) is 18.6. The van der Waals surface area contributed by atoms with E-state index in [1.54, 1.807) is 37.3 Å². The van der Waals surface area contributed by atoms with Crippen LogP contribution < -0.4 is 15.8 Å². The summed E-state index contributed by atoms with van der Waals surface area (Å²) in [6.07, 6.45) is 1.44. The van der Waals surface area contributed by atoms with E-state index < -0.39 is 5.91 Å². The molecule has 7 heteroatoms. The number of ether oxygens (including phenoxy) is 1. The average Bonchev–Trinajstić information content (AvgIpc) is 2.62. The molecule has 3 rings (SSSR count). The fourth-order valence-corrected chi connectivity index (χ4v) is 2.83. The van der Waals surface area contributed by atoms with E-state index >= 15 is 0 Å². The summed E-state index contributed by atoms with van der Waals surface area (Å²) in [5.74, 6) is 0.198. The van der Waals surface area contributed by atoms with Gasteiger partial charge in [-0.15, -0.1) is 0 Å². The number of benzene rings is 2. The molecule has 0 aliphatic rings. The van der Waals surface area contributed by atoms with Gasteiger partial charge in [-0.25, -0.2) is 4.98 Å². The fraction of sp³-hybridized carbons (Fsp3) is 0.0500. The number of rotatable bonds is 5. The number of anilines is 1. The minimum atomic E-state index is -0.504. The van der Waals surface area contributed by atoms with E-state index in [1.165, 1.54) is 6.20 Å². The van der Waals surface area contributed by atoms with Crippen molar-refractivity contribution in [3.63, 3.8) is 0 Å². The Balaban J connectivity index is 1.69. The summed E-state index contributed by atoms with van der Waals surface area (Å²) in [4.78, 5) is 27.8. The summed E-state index contributed by atoms with van der Waals surface area (Å²) in [5.41, 5.74) is 7.35. The highest BCUT2D eigenvalue weighted by molar-refractivity contribution is 9.10. The van der Waals surface area contributed by atoms with Crippen molar-refractivity contribution in [2.75, 3.05) is 5.32 Å². The Morgan fingerprint density at radius 1 is 1.11 bits per heavy atom. The van der Waals surface area contributed by atoms with Crippen molar-refractivity contribution in [1.29, 1.82) is 0 Å². The lowest BCUT2D eigenvalue weighted by Crippen LogP contribution is -2.15. The van der Waals surface area contributed by atoms with Crippen LogP contribution in [0.5, 0.6) is 11.6 Å². The first-order chi connectivity index (χ1) is 12.9. The molecule has 2 aromatic carbocycles. The summed E-state index contributed by atoms with van der Waals surface area (Å²) >= 11 is 3.38. The number of nitrogens with one attached hydrogen (secondary N) is 1. The lowest BCUT2D eigenvalue weighted by Gasteiger charge is -2.09. The fourth-order valence-electron chi connectivity index (χ4n) is 2.45. The molecule has 6 nitrogen and oxygen atoms in total. The molecule has 0 fully saturated rings. The van der Waals surface area contributed by atoms with E-state index in [0.29, 0.717) is 34.0 Å². The molecule has 0 aliphatic carbocycles. The molecule has 136 valence electrons. The first-order valence-electron chi connectivity index (χ1n) is 8.03. The van der Waals surface area contributed by atoms with E-state index in [9.17, 15) is 9.59 Å². The van der Waals surface area contributed by atoms with Gasteiger partial charge in [-0.05, 0) is 55.0 Å². The predicted octanol–water partition coefficient (Wildman–Crippen LogP) is 4.30. The molecule has 2 amide bonds. The SMILES string of the molecule is Cc1cc(NC(=O)c2ccc(Oc3cccc(Br)c3)nc2)ccc1C(N)=O. The molecule has 3 N–H and O–H groups in total. The quantitative estimate of drug-likeness (QED) is 0.636. The van der Waals surface area contributed by atoms with Crippen molar-refractivity contribution in [1.82, 2.24) is 4.98 Å². The van der Waals surface area contributed by atoms with Gasteiger partial charge in [0.15, 0.2) is 0 Å². The Morgan fingerprint density at radius 2 is 1.93 bits per heavy atom. The molecule has 0 atom stereocenters. The Bertz CT molecular complexity index is 1000. The van der Waals surface area contributed by atoms with E-state index in [-0.39, 0.29) is 5.91 Å².